The number of azide groups is 1. The van der Waals surface area contributed by atoms with Crippen LogP contribution in [0, 0.1) is 0 Å². The van der Waals surface area contributed by atoms with Crippen LogP contribution in [-0.2, 0) is 38.0 Å². The standard InChI is InChI=1S/C18H29N3O8/c1-16(2)24-8-9(25-16)11-12(27-17(3,4)26-11)10(20-21-19)13-14(15(22)23-7)29-18(5,6)28-13/h9-14H,8H2,1-7H3/t9-,10-,11+,12+,13-,14+/m0/s1. The smallest absolute Gasteiger partial charge is 0.337 e. The average molecular weight is 415 g/mol. The summed E-state index contributed by atoms with van der Waals surface area (Å²) in [6.07, 6.45) is -3.87. The number of hydrogen-bond donors (Lipinski definition) is 0. The van der Waals surface area contributed by atoms with Gasteiger partial charge in [0.15, 0.2) is 23.5 Å². The van der Waals surface area contributed by atoms with Crippen LogP contribution in [0.4, 0.5) is 0 Å². The van der Waals surface area contributed by atoms with Crippen molar-refractivity contribution in [2.24, 2.45) is 5.11 Å². The van der Waals surface area contributed by atoms with Crippen LogP contribution in [0.1, 0.15) is 41.5 Å². The average Bonchev–Trinajstić information content (AvgIpc) is 3.24. The Morgan fingerprint density at radius 3 is 2.17 bits per heavy atom. The topological polar surface area (TPSA) is 130 Å². The van der Waals surface area contributed by atoms with E-state index in [2.05, 4.69) is 10.0 Å². The van der Waals surface area contributed by atoms with Crippen molar-refractivity contribution in [1.82, 2.24) is 0 Å². The van der Waals surface area contributed by atoms with Crippen LogP contribution >= 0.6 is 0 Å². The van der Waals surface area contributed by atoms with E-state index >= 15 is 0 Å². The SMILES string of the molecule is COC(=O)[C@@H]1OC(C)(C)O[C@H]1[C@@H](N=[N+]=[N-])[C@H]1OC(C)(C)O[C@@H]1[C@@H]1COC(C)(C)O1. The Labute approximate surface area is 169 Å². The van der Waals surface area contributed by atoms with Crippen LogP contribution in [0.15, 0.2) is 5.11 Å². The number of ether oxygens (including phenoxy) is 7. The fraction of sp³-hybridized carbons (Fsp3) is 0.944. The second-order valence-corrected chi connectivity index (χ2v) is 8.67. The summed E-state index contributed by atoms with van der Waals surface area (Å²) >= 11 is 0. The van der Waals surface area contributed by atoms with Gasteiger partial charge in [0.2, 0.25) is 0 Å². The van der Waals surface area contributed by atoms with Gasteiger partial charge in [0.1, 0.15) is 24.4 Å². The molecular formula is C18H29N3O8. The fourth-order valence-electron chi connectivity index (χ4n) is 3.96. The number of carbonyl (C=O) groups is 1. The fourth-order valence-corrected chi connectivity index (χ4v) is 3.96. The van der Waals surface area contributed by atoms with Gasteiger partial charge in [0, 0.05) is 4.91 Å². The molecule has 3 aliphatic rings. The minimum Gasteiger partial charge on any atom is -0.467 e. The monoisotopic (exact) mass is 415 g/mol. The van der Waals surface area contributed by atoms with E-state index in [4.69, 9.17) is 33.2 Å². The first-order valence-corrected chi connectivity index (χ1v) is 9.53. The molecule has 29 heavy (non-hydrogen) atoms. The van der Waals surface area contributed by atoms with E-state index in [1.165, 1.54) is 7.11 Å². The van der Waals surface area contributed by atoms with Gasteiger partial charge in [0.25, 0.3) is 0 Å². The van der Waals surface area contributed by atoms with Crippen molar-refractivity contribution in [3.05, 3.63) is 10.4 Å². The summed E-state index contributed by atoms with van der Waals surface area (Å²) in [5.41, 5.74) is 9.23. The van der Waals surface area contributed by atoms with Gasteiger partial charge in [-0.25, -0.2) is 4.79 Å². The highest BCUT2D eigenvalue weighted by atomic mass is 16.8. The first-order valence-electron chi connectivity index (χ1n) is 9.53. The lowest BCUT2D eigenvalue weighted by molar-refractivity contribution is -0.175. The molecule has 0 spiro atoms. The molecule has 3 heterocycles. The Morgan fingerprint density at radius 2 is 1.62 bits per heavy atom. The maximum absolute atomic E-state index is 12.3. The highest BCUT2D eigenvalue weighted by Gasteiger charge is 2.58. The van der Waals surface area contributed by atoms with Crippen LogP contribution in [0.3, 0.4) is 0 Å². The summed E-state index contributed by atoms with van der Waals surface area (Å²) in [4.78, 5) is 15.3. The van der Waals surface area contributed by atoms with Crippen LogP contribution in [0.2, 0.25) is 0 Å². The molecule has 0 N–H and O–H groups in total. The molecule has 11 heteroatoms. The molecule has 0 saturated carbocycles. The minimum atomic E-state index is -1.09. The number of hydrogen-bond acceptors (Lipinski definition) is 9. The molecule has 0 aliphatic carbocycles. The van der Waals surface area contributed by atoms with Crippen LogP contribution in [0.25, 0.3) is 10.4 Å². The van der Waals surface area contributed by atoms with Gasteiger partial charge in [-0.05, 0) is 47.1 Å². The first-order chi connectivity index (χ1) is 13.4. The summed E-state index contributed by atoms with van der Waals surface area (Å²) in [6, 6.07) is -0.940. The summed E-state index contributed by atoms with van der Waals surface area (Å²) in [5, 5.41) is 3.91. The molecule has 3 rings (SSSR count). The molecule has 0 aromatic heterocycles. The second kappa shape index (κ2) is 7.66. The molecule has 0 aromatic rings. The van der Waals surface area contributed by atoms with E-state index in [1.54, 1.807) is 41.5 Å². The molecule has 3 aliphatic heterocycles. The van der Waals surface area contributed by atoms with Crippen molar-refractivity contribution in [2.45, 2.75) is 95.5 Å². The van der Waals surface area contributed by atoms with Crippen molar-refractivity contribution in [3.8, 4) is 0 Å². The Kier molecular flexibility index (Phi) is 5.87. The lowest BCUT2D eigenvalue weighted by Crippen LogP contribution is -2.51. The molecule has 164 valence electrons. The molecular weight excluding hydrogens is 386 g/mol. The molecule has 0 amide bonds. The lowest BCUT2D eigenvalue weighted by Gasteiger charge is -2.30. The summed E-state index contributed by atoms with van der Waals surface area (Å²) in [7, 11) is 1.25. The molecule has 0 aromatic carbocycles. The van der Waals surface area contributed by atoms with Crippen LogP contribution in [0.5, 0.6) is 0 Å². The van der Waals surface area contributed by atoms with E-state index in [0.29, 0.717) is 0 Å². The second-order valence-electron chi connectivity index (χ2n) is 8.67. The van der Waals surface area contributed by atoms with Gasteiger partial charge >= 0.3 is 5.97 Å². The largest absolute Gasteiger partial charge is 0.467 e. The molecule has 0 bridgehead atoms. The van der Waals surface area contributed by atoms with Crippen LogP contribution in [-0.4, -0.2) is 73.6 Å². The summed E-state index contributed by atoms with van der Waals surface area (Å²) in [5.74, 6) is -3.45. The molecule has 11 nitrogen and oxygen atoms in total. The van der Waals surface area contributed by atoms with E-state index < -0.39 is 59.9 Å². The third-order valence-corrected chi connectivity index (χ3v) is 4.98. The van der Waals surface area contributed by atoms with Gasteiger partial charge in [-0.3, -0.25) is 0 Å². The van der Waals surface area contributed by atoms with Crippen molar-refractivity contribution in [1.29, 1.82) is 0 Å². The van der Waals surface area contributed by atoms with Crippen molar-refractivity contribution >= 4 is 5.97 Å². The molecule has 3 saturated heterocycles. The van der Waals surface area contributed by atoms with Crippen molar-refractivity contribution < 1.29 is 38.0 Å². The number of nitrogens with zero attached hydrogens (tertiary/aromatic N) is 3. The van der Waals surface area contributed by atoms with E-state index in [9.17, 15) is 10.3 Å². The molecule has 0 radical (unpaired) electrons. The number of esters is 1. The maximum Gasteiger partial charge on any atom is 0.337 e. The quantitative estimate of drug-likeness (QED) is 0.288. The van der Waals surface area contributed by atoms with Crippen molar-refractivity contribution in [3.63, 3.8) is 0 Å². The van der Waals surface area contributed by atoms with E-state index in [1.807, 2.05) is 0 Å². The predicted octanol–water partition coefficient (Wildman–Crippen LogP) is 2.03. The minimum absolute atomic E-state index is 0.282. The zero-order valence-corrected chi connectivity index (χ0v) is 17.8. The Balaban J connectivity index is 1.93. The van der Waals surface area contributed by atoms with Crippen LogP contribution < -0.4 is 0 Å². The Bertz CT molecular complexity index is 691. The lowest BCUT2D eigenvalue weighted by atomic mass is 9.94. The third kappa shape index (κ3) is 4.66. The van der Waals surface area contributed by atoms with Gasteiger partial charge < -0.3 is 33.2 Å². The number of carbonyl (C=O) groups excluding carboxylic acids is 1. The first kappa shape index (κ1) is 22.2. The highest BCUT2D eigenvalue weighted by molar-refractivity contribution is 5.75. The van der Waals surface area contributed by atoms with E-state index in [0.717, 1.165) is 0 Å². The number of methoxy groups -OCH3 is 1. The Morgan fingerprint density at radius 1 is 1.00 bits per heavy atom. The summed E-state index contributed by atoms with van der Waals surface area (Å²) in [6.45, 7) is 10.7. The molecule has 3 fully saturated rings. The zero-order valence-electron chi connectivity index (χ0n) is 17.8. The van der Waals surface area contributed by atoms with Crippen molar-refractivity contribution in [2.75, 3.05) is 13.7 Å². The predicted molar refractivity (Wildman–Crippen MR) is 97.5 cm³/mol. The third-order valence-electron chi connectivity index (χ3n) is 4.98. The van der Waals surface area contributed by atoms with Gasteiger partial charge in [-0.2, -0.15) is 0 Å². The van der Waals surface area contributed by atoms with Gasteiger partial charge in [-0.15, -0.1) is 0 Å². The molecule has 0 unspecified atom stereocenters. The van der Waals surface area contributed by atoms with E-state index in [-0.39, 0.29) is 6.61 Å². The molecule has 6 atom stereocenters. The Hall–Kier alpha value is -1.46. The zero-order chi connectivity index (χ0) is 21.6. The number of rotatable bonds is 5. The summed E-state index contributed by atoms with van der Waals surface area (Å²) < 4.78 is 40.3. The normalized spacial score (nSPS) is 38.4. The highest BCUT2D eigenvalue weighted by Crippen LogP contribution is 2.41. The maximum atomic E-state index is 12.3. The van der Waals surface area contributed by atoms with Gasteiger partial charge in [0.05, 0.1) is 19.8 Å². The van der Waals surface area contributed by atoms with Gasteiger partial charge in [-0.1, -0.05) is 5.11 Å².